The maximum Gasteiger partial charge on any atom is 0.264 e. The van der Waals surface area contributed by atoms with E-state index >= 15 is 0 Å². The molecule has 8 heteroatoms. The zero-order valence-electron chi connectivity index (χ0n) is 23.5. The third kappa shape index (κ3) is 7.47. The average Bonchev–Trinajstić information content (AvgIpc) is 2.93. The van der Waals surface area contributed by atoms with E-state index in [1.807, 2.05) is 64.1 Å². The van der Waals surface area contributed by atoms with Crippen molar-refractivity contribution in [2.45, 2.75) is 64.9 Å². The quantitative estimate of drug-likeness (QED) is 0.344. The molecule has 3 aromatic rings. The normalized spacial score (nSPS) is 12.0. The Bertz CT molecular complexity index is 1370. The molecule has 3 aromatic carbocycles. The fourth-order valence-corrected chi connectivity index (χ4v) is 5.72. The number of anilines is 1. The minimum Gasteiger partial charge on any atom is -0.354 e. The van der Waals surface area contributed by atoms with Crippen LogP contribution in [0, 0.1) is 13.8 Å². The van der Waals surface area contributed by atoms with Gasteiger partial charge in [-0.05, 0) is 62.9 Å². The van der Waals surface area contributed by atoms with Gasteiger partial charge >= 0.3 is 0 Å². The van der Waals surface area contributed by atoms with Crippen LogP contribution in [0.2, 0.25) is 0 Å². The van der Waals surface area contributed by atoms with Crippen molar-refractivity contribution in [1.29, 1.82) is 0 Å². The summed E-state index contributed by atoms with van der Waals surface area (Å²) in [5.41, 5.74) is 4.12. The molecule has 0 saturated heterocycles. The number of nitrogens with zero attached hydrogens (tertiary/aromatic N) is 2. The smallest absolute Gasteiger partial charge is 0.264 e. The van der Waals surface area contributed by atoms with Gasteiger partial charge in [-0.3, -0.25) is 13.9 Å². The van der Waals surface area contributed by atoms with Crippen LogP contribution in [0.15, 0.2) is 77.7 Å². The largest absolute Gasteiger partial charge is 0.354 e. The predicted molar refractivity (Wildman–Crippen MR) is 156 cm³/mol. The van der Waals surface area contributed by atoms with Gasteiger partial charge in [0.1, 0.15) is 12.6 Å². The molecule has 0 aromatic heterocycles. The minimum absolute atomic E-state index is 0.102. The third-order valence-corrected chi connectivity index (χ3v) is 8.49. The van der Waals surface area contributed by atoms with Gasteiger partial charge in [0.15, 0.2) is 0 Å². The number of carbonyl (C=O) groups excluding carboxylic acids is 2. The van der Waals surface area contributed by atoms with Crippen molar-refractivity contribution in [3.05, 3.63) is 95.1 Å². The van der Waals surface area contributed by atoms with Gasteiger partial charge in [-0.2, -0.15) is 0 Å². The van der Waals surface area contributed by atoms with E-state index < -0.39 is 28.5 Å². The first kappa shape index (κ1) is 29.9. The molecule has 3 rings (SSSR count). The lowest BCUT2D eigenvalue weighted by atomic mass is 10.1. The number of hydrogen-bond donors (Lipinski definition) is 1. The van der Waals surface area contributed by atoms with Crippen molar-refractivity contribution < 1.29 is 18.0 Å². The average molecular weight is 550 g/mol. The Morgan fingerprint density at radius 1 is 0.872 bits per heavy atom. The van der Waals surface area contributed by atoms with Gasteiger partial charge in [-0.25, -0.2) is 8.42 Å². The first-order valence-electron chi connectivity index (χ1n) is 13.4. The number of rotatable bonds is 12. The molecule has 39 heavy (non-hydrogen) atoms. The Hall–Kier alpha value is -3.65. The number of para-hydroxylation sites is 1. The number of sulfonamides is 1. The molecular weight excluding hydrogens is 510 g/mol. The summed E-state index contributed by atoms with van der Waals surface area (Å²) in [4.78, 5) is 28.5. The second-order valence-electron chi connectivity index (χ2n) is 9.78. The van der Waals surface area contributed by atoms with Gasteiger partial charge in [-0.1, -0.05) is 79.6 Å². The Kier molecular flexibility index (Phi) is 10.3. The van der Waals surface area contributed by atoms with E-state index in [1.165, 1.54) is 9.21 Å². The minimum atomic E-state index is -4.09. The number of nitrogens with one attached hydrogen (secondary N) is 1. The topological polar surface area (TPSA) is 86.8 Å². The Morgan fingerprint density at radius 3 is 2.05 bits per heavy atom. The number of carbonyl (C=O) groups is 2. The van der Waals surface area contributed by atoms with E-state index in [0.29, 0.717) is 18.7 Å². The summed E-state index contributed by atoms with van der Waals surface area (Å²) in [5, 5.41) is 2.86. The van der Waals surface area contributed by atoms with Crippen molar-refractivity contribution in [2.24, 2.45) is 0 Å². The summed E-state index contributed by atoms with van der Waals surface area (Å²) in [6.07, 6.45) is 1.36. The number of amides is 2. The van der Waals surface area contributed by atoms with Crippen LogP contribution < -0.4 is 9.62 Å². The lowest BCUT2D eigenvalue weighted by molar-refractivity contribution is -0.139. The van der Waals surface area contributed by atoms with Gasteiger partial charge < -0.3 is 10.2 Å². The van der Waals surface area contributed by atoms with Crippen molar-refractivity contribution in [2.75, 3.05) is 17.4 Å². The van der Waals surface area contributed by atoms with Gasteiger partial charge in [0.2, 0.25) is 11.8 Å². The summed E-state index contributed by atoms with van der Waals surface area (Å²) in [6, 6.07) is 20.7. The fraction of sp³-hybridized carbons (Fsp3) is 0.355. The summed E-state index contributed by atoms with van der Waals surface area (Å²) in [5.74, 6) is -0.740. The Morgan fingerprint density at radius 2 is 1.46 bits per heavy atom. The zero-order chi connectivity index (χ0) is 28.6. The highest BCUT2D eigenvalue weighted by Crippen LogP contribution is 2.28. The van der Waals surface area contributed by atoms with E-state index in [-0.39, 0.29) is 17.3 Å². The van der Waals surface area contributed by atoms with Crippen LogP contribution in [-0.2, 0) is 32.6 Å². The van der Waals surface area contributed by atoms with Gasteiger partial charge in [-0.15, -0.1) is 0 Å². The maximum absolute atomic E-state index is 14.0. The number of benzene rings is 3. The van der Waals surface area contributed by atoms with E-state index in [4.69, 9.17) is 0 Å². The molecule has 0 radical (unpaired) electrons. The van der Waals surface area contributed by atoms with Crippen molar-refractivity contribution in [3.63, 3.8) is 0 Å². The van der Waals surface area contributed by atoms with Crippen molar-refractivity contribution in [3.8, 4) is 0 Å². The second kappa shape index (κ2) is 13.4. The van der Waals surface area contributed by atoms with Crippen LogP contribution in [0.25, 0.3) is 0 Å². The van der Waals surface area contributed by atoms with E-state index in [0.717, 1.165) is 28.7 Å². The van der Waals surface area contributed by atoms with Crippen LogP contribution in [-0.4, -0.2) is 44.3 Å². The predicted octanol–water partition coefficient (Wildman–Crippen LogP) is 5.00. The molecule has 0 bridgehead atoms. The van der Waals surface area contributed by atoms with Crippen molar-refractivity contribution >= 4 is 27.5 Å². The van der Waals surface area contributed by atoms with Gasteiger partial charge in [0.05, 0.1) is 10.6 Å². The Labute approximate surface area is 232 Å². The molecule has 208 valence electrons. The van der Waals surface area contributed by atoms with E-state index in [1.54, 1.807) is 43.3 Å². The molecule has 0 aliphatic heterocycles. The molecule has 0 fully saturated rings. The van der Waals surface area contributed by atoms with Crippen LogP contribution in [0.1, 0.15) is 49.4 Å². The van der Waals surface area contributed by atoms with Gasteiger partial charge in [0.25, 0.3) is 10.0 Å². The molecule has 0 aliphatic rings. The number of aryl methyl sites for hydroxylation is 3. The molecule has 1 N–H and O–H groups in total. The SMILES string of the molecule is CCCNC(=O)[C@H](C)N(Cc1ccc(C)cc1)C(=O)CN(c1ccccc1CC)S(=O)(=O)c1ccc(C)cc1. The molecule has 7 nitrogen and oxygen atoms in total. The molecule has 1 atom stereocenters. The van der Waals surface area contributed by atoms with E-state index in [2.05, 4.69) is 5.32 Å². The summed E-state index contributed by atoms with van der Waals surface area (Å²) in [7, 11) is -4.09. The van der Waals surface area contributed by atoms with Crippen LogP contribution in [0.4, 0.5) is 5.69 Å². The van der Waals surface area contributed by atoms with E-state index in [9.17, 15) is 18.0 Å². The second-order valence-corrected chi connectivity index (χ2v) is 11.6. The molecule has 0 saturated carbocycles. The molecule has 0 spiro atoms. The van der Waals surface area contributed by atoms with Crippen LogP contribution >= 0.6 is 0 Å². The number of hydrogen-bond acceptors (Lipinski definition) is 4. The molecular formula is C31H39N3O4S. The fourth-order valence-electron chi connectivity index (χ4n) is 4.27. The molecule has 0 heterocycles. The maximum atomic E-state index is 14.0. The monoisotopic (exact) mass is 549 g/mol. The van der Waals surface area contributed by atoms with Crippen molar-refractivity contribution in [1.82, 2.24) is 10.2 Å². The molecule has 2 amide bonds. The Balaban J connectivity index is 2.05. The van der Waals surface area contributed by atoms with Crippen LogP contribution in [0.3, 0.4) is 0 Å². The third-order valence-electron chi connectivity index (χ3n) is 6.72. The molecule has 0 unspecified atom stereocenters. The zero-order valence-corrected chi connectivity index (χ0v) is 24.3. The standard InChI is InChI=1S/C31H39N3O4S/c1-6-20-32-31(36)25(5)33(21-26-16-12-23(3)13-17-26)30(35)22-34(29-11-9-8-10-27(29)7-2)39(37,38)28-18-14-24(4)15-19-28/h8-19,25H,6-7,20-22H2,1-5H3,(H,32,36)/t25-/m0/s1. The first-order chi connectivity index (χ1) is 18.6. The highest BCUT2D eigenvalue weighted by Gasteiger charge is 2.33. The summed E-state index contributed by atoms with van der Waals surface area (Å²) >= 11 is 0. The lowest BCUT2D eigenvalue weighted by Gasteiger charge is -2.32. The molecule has 0 aliphatic carbocycles. The van der Waals surface area contributed by atoms with Gasteiger partial charge in [0, 0.05) is 13.1 Å². The first-order valence-corrected chi connectivity index (χ1v) is 14.8. The summed E-state index contributed by atoms with van der Waals surface area (Å²) in [6.45, 7) is 9.67. The highest BCUT2D eigenvalue weighted by atomic mass is 32.2. The summed E-state index contributed by atoms with van der Waals surface area (Å²) < 4.78 is 29.2. The van der Waals surface area contributed by atoms with Crippen LogP contribution in [0.5, 0.6) is 0 Å². The highest BCUT2D eigenvalue weighted by molar-refractivity contribution is 7.92. The lowest BCUT2D eigenvalue weighted by Crippen LogP contribution is -2.51.